The molecule has 0 amide bonds. The fourth-order valence-corrected chi connectivity index (χ4v) is 3.86. The Morgan fingerprint density at radius 2 is 2.22 bits per heavy atom. The molecule has 1 aromatic rings. The van der Waals surface area contributed by atoms with Gasteiger partial charge in [0, 0.05) is 29.4 Å². The molecule has 2 N–H and O–H groups in total. The van der Waals surface area contributed by atoms with E-state index in [2.05, 4.69) is 50.8 Å². The van der Waals surface area contributed by atoms with Crippen LogP contribution in [-0.4, -0.2) is 30.6 Å². The van der Waals surface area contributed by atoms with Gasteiger partial charge in [0.1, 0.15) is 0 Å². The van der Waals surface area contributed by atoms with Crippen molar-refractivity contribution in [2.75, 3.05) is 29.5 Å². The first-order valence-corrected chi connectivity index (χ1v) is 8.48. The molecule has 1 fully saturated rings. The molecule has 2 nitrogen and oxygen atoms in total. The topological polar surface area (TPSA) is 29.3 Å². The Morgan fingerprint density at radius 1 is 1.39 bits per heavy atom. The van der Waals surface area contributed by atoms with Gasteiger partial charge in [-0.25, -0.2) is 0 Å². The van der Waals surface area contributed by atoms with Crippen LogP contribution in [0.25, 0.3) is 0 Å². The maximum Gasteiger partial charge on any atom is 0.0511 e. The maximum absolute atomic E-state index is 5.85. The number of rotatable bonds is 3. The van der Waals surface area contributed by atoms with Gasteiger partial charge in [0.15, 0.2) is 0 Å². The van der Waals surface area contributed by atoms with Gasteiger partial charge < -0.3 is 10.6 Å². The average Bonchev–Trinajstić information content (AvgIpc) is 2.57. The van der Waals surface area contributed by atoms with E-state index in [1.54, 1.807) is 0 Å². The number of nitrogens with zero attached hydrogens (tertiary/aromatic N) is 1. The van der Waals surface area contributed by atoms with Gasteiger partial charge in [0.2, 0.25) is 0 Å². The predicted octanol–water partition coefficient (Wildman–Crippen LogP) is 3.28. The number of thioether (sulfide) groups is 1. The average molecular weight is 329 g/mol. The zero-order chi connectivity index (χ0) is 13.0. The molecule has 0 saturated carbocycles. The summed E-state index contributed by atoms with van der Waals surface area (Å²) >= 11 is 5.77. The highest BCUT2D eigenvalue weighted by molar-refractivity contribution is 9.10. The van der Waals surface area contributed by atoms with Gasteiger partial charge in [0.05, 0.1) is 5.69 Å². The number of nitrogens with two attached hydrogens (primary N) is 1. The lowest BCUT2D eigenvalue weighted by molar-refractivity contribution is 0.737. The minimum Gasteiger partial charge on any atom is -0.370 e. The van der Waals surface area contributed by atoms with Crippen molar-refractivity contribution in [3.8, 4) is 0 Å². The van der Waals surface area contributed by atoms with Gasteiger partial charge in [-0.2, -0.15) is 11.8 Å². The van der Waals surface area contributed by atoms with Crippen LogP contribution < -0.4 is 10.6 Å². The zero-order valence-corrected chi connectivity index (χ0v) is 13.3. The van der Waals surface area contributed by atoms with Crippen LogP contribution in [0.4, 0.5) is 5.69 Å². The van der Waals surface area contributed by atoms with Crippen molar-refractivity contribution >= 4 is 33.4 Å². The summed E-state index contributed by atoms with van der Waals surface area (Å²) in [5, 5.41) is 0. The number of anilines is 1. The summed E-state index contributed by atoms with van der Waals surface area (Å²) in [6, 6.07) is 6.88. The van der Waals surface area contributed by atoms with E-state index in [4.69, 9.17) is 5.73 Å². The SMILES string of the molecule is CC(N)Cc1ccc(N2CCCSCC2)c(Br)c1. The maximum atomic E-state index is 5.85. The Hall–Kier alpha value is -0.190. The standard InChI is InChI=1S/C14H21BrN2S/c1-11(16)9-12-3-4-14(13(15)10-12)17-5-2-7-18-8-6-17/h3-4,10-11H,2,5-9,16H2,1H3. The van der Waals surface area contributed by atoms with E-state index in [1.165, 1.54) is 33.7 Å². The molecule has 1 aliphatic rings. The minimum atomic E-state index is 0.220. The molecule has 0 radical (unpaired) electrons. The van der Waals surface area contributed by atoms with E-state index < -0.39 is 0 Å². The minimum absolute atomic E-state index is 0.220. The van der Waals surface area contributed by atoms with Crippen molar-refractivity contribution in [2.24, 2.45) is 5.73 Å². The molecule has 0 aromatic heterocycles. The summed E-state index contributed by atoms with van der Waals surface area (Å²) < 4.78 is 1.20. The monoisotopic (exact) mass is 328 g/mol. The summed E-state index contributed by atoms with van der Waals surface area (Å²) in [5.74, 6) is 2.52. The third-order valence-electron chi connectivity index (χ3n) is 3.13. The lowest BCUT2D eigenvalue weighted by Crippen LogP contribution is -2.26. The number of hydrogen-bond donors (Lipinski definition) is 1. The number of hydrogen-bond acceptors (Lipinski definition) is 3. The molecule has 1 atom stereocenters. The molecule has 0 bridgehead atoms. The molecule has 1 heterocycles. The molecule has 1 aliphatic heterocycles. The van der Waals surface area contributed by atoms with Crippen molar-refractivity contribution in [1.29, 1.82) is 0 Å². The number of halogens is 1. The lowest BCUT2D eigenvalue weighted by atomic mass is 10.1. The van der Waals surface area contributed by atoms with E-state index in [-0.39, 0.29) is 6.04 Å². The molecular weight excluding hydrogens is 308 g/mol. The third kappa shape index (κ3) is 3.90. The van der Waals surface area contributed by atoms with Crippen LogP contribution in [-0.2, 0) is 6.42 Å². The van der Waals surface area contributed by atoms with Gasteiger partial charge >= 0.3 is 0 Å². The summed E-state index contributed by atoms with van der Waals surface area (Å²) in [4.78, 5) is 2.49. The van der Waals surface area contributed by atoms with Crippen molar-refractivity contribution in [3.63, 3.8) is 0 Å². The third-order valence-corrected chi connectivity index (χ3v) is 4.82. The highest BCUT2D eigenvalue weighted by Crippen LogP contribution is 2.29. The summed E-state index contributed by atoms with van der Waals surface area (Å²) in [6.45, 7) is 4.36. The van der Waals surface area contributed by atoms with Crippen molar-refractivity contribution in [1.82, 2.24) is 0 Å². The van der Waals surface area contributed by atoms with Crippen LogP contribution in [0.5, 0.6) is 0 Å². The van der Waals surface area contributed by atoms with Gasteiger partial charge in [-0.1, -0.05) is 6.07 Å². The fraction of sp³-hybridized carbons (Fsp3) is 0.571. The molecule has 1 unspecified atom stereocenters. The van der Waals surface area contributed by atoms with Gasteiger partial charge in [-0.3, -0.25) is 0 Å². The second-order valence-corrected chi connectivity index (χ2v) is 7.00. The zero-order valence-electron chi connectivity index (χ0n) is 10.9. The van der Waals surface area contributed by atoms with Crippen molar-refractivity contribution in [2.45, 2.75) is 25.8 Å². The smallest absolute Gasteiger partial charge is 0.0511 e. The molecule has 0 aliphatic carbocycles. The molecular formula is C14H21BrN2S. The molecule has 100 valence electrons. The Labute approximate surface area is 122 Å². The van der Waals surface area contributed by atoms with E-state index in [9.17, 15) is 0 Å². The van der Waals surface area contributed by atoms with Crippen molar-refractivity contribution < 1.29 is 0 Å². The molecule has 1 saturated heterocycles. The molecule has 1 aromatic carbocycles. The van der Waals surface area contributed by atoms with Crippen LogP contribution in [0.2, 0.25) is 0 Å². The first-order valence-electron chi connectivity index (χ1n) is 6.53. The lowest BCUT2D eigenvalue weighted by Gasteiger charge is -2.24. The van der Waals surface area contributed by atoms with Gasteiger partial charge in [-0.15, -0.1) is 0 Å². The van der Waals surface area contributed by atoms with Gasteiger partial charge in [0.25, 0.3) is 0 Å². The van der Waals surface area contributed by atoms with E-state index in [1.807, 2.05) is 6.92 Å². The van der Waals surface area contributed by atoms with Crippen LogP contribution in [0.3, 0.4) is 0 Å². The number of benzene rings is 1. The van der Waals surface area contributed by atoms with Gasteiger partial charge in [-0.05, 0) is 59.1 Å². The highest BCUT2D eigenvalue weighted by Gasteiger charge is 2.13. The van der Waals surface area contributed by atoms with Crippen molar-refractivity contribution in [3.05, 3.63) is 28.2 Å². The summed E-state index contributed by atoms with van der Waals surface area (Å²) in [7, 11) is 0. The molecule has 0 spiro atoms. The van der Waals surface area contributed by atoms with Crippen LogP contribution >= 0.6 is 27.7 Å². The Bertz CT molecular complexity index is 387. The second-order valence-electron chi connectivity index (χ2n) is 4.92. The molecule has 18 heavy (non-hydrogen) atoms. The normalized spacial score (nSPS) is 18.5. The van der Waals surface area contributed by atoms with Crippen LogP contribution in [0.1, 0.15) is 18.9 Å². The summed E-state index contributed by atoms with van der Waals surface area (Å²) in [5.41, 5.74) is 8.48. The summed E-state index contributed by atoms with van der Waals surface area (Å²) in [6.07, 6.45) is 2.22. The van der Waals surface area contributed by atoms with E-state index in [0.717, 1.165) is 19.5 Å². The van der Waals surface area contributed by atoms with Crippen LogP contribution in [0.15, 0.2) is 22.7 Å². The fourth-order valence-electron chi connectivity index (χ4n) is 2.29. The molecule has 4 heteroatoms. The van der Waals surface area contributed by atoms with E-state index in [0.29, 0.717) is 0 Å². The van der Waals surface area contributed by atoms with Crippen LogP contribution in [0, 0.1) is 0 Å². The first-order chi connectivity index (χ1) is 8.66. The Kier molecular flexibility index (Phi) is 5.39. The quantitative estimate of drug-likeness (QED) is 0.923. The largest absolute Gasteiger partial charge is 0.370 e. The first kappa shape index (κ1) is 14.2. The van der Waals surface area contributed by atoms with E-state index >= 15 is 0 Å². The highest BCUT2D eigenvalue weighted by atomic mass is 79.9. The molecule has 2 rings (SSSR count). The second kappa shape index (κ2) is 6.83. The Balaban J connectivity index is 2.12. The Morgan fingerprint density at radius 3 is 2.94 bits per heavy atom. The predicted molar refractivity (Wildman–Crippen MR) is 85.7 cm³/mol.